The Morgan fingerprint density at radius 3 is 2.58 bits per heavy atom. The van der Waals surface area contributed by atoms with Crippen LogP contribution in [0.25, 0.3) is 0 Å². The van der Waals surface area contributed by atoms with Gasteiger partial charge in [-0.05, 0) is 20.8 Å². The van der Waals surface area contributed by atoms with Crippen LogP contribution in [0, 0.1) is 0 Å². The van der Waals surface area contributed by atoms with Crippen molar-refractivity contribution in [3.63, 3.8) is 0 Å². The highest BCUT2D eigenvalue weighted by molar-refractivity contribution is 5.84. The maximum absolute atomic E-state index is 11.6. The van der Waals surface area contributed by atoms with E-state index in [1.165, 1.54) is 0 Å². The third kappa shape index (κ3) is 4.99. The number of alkyl carbamates (subject to hydrolysis) is 1. The van der Waals surface area contributed by atoms with Gasteiger partial charge in [0.25, 0.3) is 0 Å². The molecule has 2 amide bonds. The van der Waals surface area contributed by atoms with Gasteiger partial charge in [-0.15, -0.1) is 0 Å². The van der Waals surface area contributed by atoms with Crippen LogP contribution in [0.4, 0.5) is 4.79 Å². The summed E-state index contributed by atoms with van der Waals surface area (Å²) in [6.45, 7) is 5.23. The van der Waals surface area contributed by atoms with E-state index in [9.17, 15) is 9.59 Å². The highest BCUT2D eigenvalue weighted by Gasteiger charge is 2.23. The third-order valence-corrected chi connectivity index (χ3v) is 2.36. The van der Waals surface area contributed by atoms with E-state index in [0.29, 0.717) is 0 Å². The van der Waals surface area contributed by atoms with Gasteiger partial charge >= 0.3 is 6.09 Å². The lowest BCUT2D eigenvalue weighted by Gasteiger charge is -2.22. The van der Waals surface area contributed by atoms with Crippen molar-refractivity contribution in [2.75, 3.05) is 0 Å². The van der Waals surface area contributed by atoms with Gasteiger partial charge < -0.3 is 20.4 Å². The number of amides is 2. The van der Waals surface area contributed by atoms with Crippen LogP contribution in [0.5, 0.6) is 0 Å². The summed E-state index contributed by atoms with van der Waals surface area (Å²) in [4.78, 5) is 26.9. The van der Waals surface area contributed by atoms with Crippen LogP contribution in [0.3, 0.4) is 0 Å². The van der Waals surface area contributed by atoms with Crippen molar-refractivity contribution < 1.29 is 14.3 Å². The van der Waals surface area contributed by atoms with E-state index in [0.717, 1.165) is 5.69 Å². The average Bonchev–Trinajstić information content (AvgIpc) is 2.60. The van der Waals surface area contributed by atoms with Crippen LogP contribution >= 0.6 is 0 Å². The molecule has 0 fully saturated rings. The lowest BCUT2D eigenvalue weighted by atomic mass is 10.1. The Hall–Kier alpha value is -2.05. The number of carbonyl (C=O) groups excluding carboxylic acids is 2. The molecule has 0 saturated heterocycles. The third-order valence-electron chi connectivity index (χ3n) is 2.36. The van der Waals surface area contributed by atoms with Gasteiger partial charge in [-0.25, -0.2) is 9.78 Å². The summed E-state index contributed by atoms with van der Waals surface area (Å²) >= 11 is 0. The fourth-order valence-corrected chi connectivity index (χ4v) is 1.46. The zero-order valence-electron chi connectivity index (χ0n) is 11.6. The minimum Gasteiger partial charge on any atom is -0.444 e. The molecule has 0 aliphatic carbocycles. The van der Waals surface area contributed by atoms with Crippen molar-refractivity contribution in [2.24, 2.45) is 12.8 Å². The molecule has 0 unspecified atom stereocenters. The molecule has 106 valence electrons. The number of rotatable bonds is 4. The number of aryl methyl sites for hydroxylation is 1. The van der Waals surface area contributed by atoms with Gasteiger partial charge in [-0.1, -0.05) is 0 Å². The first-order valence-corrected chi connectivity index (χ1v) is 5.93. The van der Waals surface area contributed by atoms with Crippen LogP contribution in [0.2, 0.25) is 0 Å². The van der Waals surface area contributed by atoms with Crippen molar-refractivity contribution in [3.05, 3.63) is 18.2 Å². The van der Waals surface area contributed by atoms with Gasteiger partial charge in [-0.3, -0.25) is 4.79 Å². The first-order chi connectivity index (χ1) is 8.69. The number of hydrogen-bond donors (Lipinski definition) is 2. The Kier molecular flexibility index (Phi) is 4.52. The number of aromatic nitrogens is 2. The number of carbonyl (C=O) groups is 2. The zero-order chi connectivity index (χ0) is 14.6. The van der Waals surface area contributed by atoms with E-state index < -0.39 is 23.6 Å². The number of ether oxygens (including phenoxy) is 1. The molecule has 19 heavy (non-hydrogen) atoms. The molecule has 3 N–H and O–H groups in total. The summed E-state index contributed by atoms with van der Waals surface area (Å²) in [5, 5.41) is 2.46. The number of hydrogen-bond acceptors (Lipinski definition) is 4. The fourth-order valence-electron chi connectivity index (χ4n) is 1.46. The lowest BCUT2D eigenvalue weighted by Crippen LogP contribution is -2.47. The summed E-state index contributed by atoms with van der Waals surface area (Å²) in [6, 6.07) is -0.828. The summed E-state index contributed by atoms with van der Waals surface area (Å²) in [5.74, 6) is -0.618. The van der Waals surface area contributed by atoms with Gasteiger partial charge in [0.05, 0.1) is 6.33 Å². The summed E-state index contributed by atoms with van der Waals surface area (Å²) in [7, 11) is 1.80. The second-order valence-corrected chi connectivity index (χ2v) is 5.30. The van der Waals surface area contributed by atoms with Crippen molar-refractivity contribution in [2.45, 2.75) is 38.8 Å². The van der Waals surface area contributed by atoms with Crippen molar-refractivity contribution >= 4 is 12.0 Å². The minimum atomic E-state index is -0.828. The minimum absolute atomic E-state index is 0.269. The van der Waals surface area contributed by atoms with E-state index in [-0.39, 0.29) is 6.42 Å². The molecule has 0 bridgehead atoms. The molecular weight excluding hydrogens is 248 g/mol. The monoisotopic (exact) mass is 268 g/mol. The lowest BCUT2D eigenvalue weighted by molar-refractivity contribution is -0.120. The first-order valence-electron chi connectivity index (χ1n) is 5.93. The van der Waals surface area contributed by atoms with Gasteiger partial charge in [0.1, 0.15) is 11.6 Å². The van der Waals surface area contributed by atoms with Crippen LogP contribution < -0.4 is 11.1 Å². The van der Waals surface area contributed by atoms with Gasteiger partial charge in [0, 0.05) is 25.4 Å². The highest BCUT2D eigenvalue weighted by Crippen LogP contribution is 2.08. The van der Waals surface area contributed by atoms with Gasteiger partial charge in [-0.2, -0.15) is 0 Å². The largest absolute Gasteiger partial charge is 0.444 e. The Bertz CT molecular complexity index is 462. The molecule has 0 saturated carbocycles. The van der Waals surface area contributed by atoms with Gasteiger partial charge in [0.15, 0.2) is 0 Å². The molecule has 0 spiro atoms. The molecule has 0 radical (unpaired) electrons. The number of primary amides is 1. The zero-order valence-corrected chi connectivity index (χ0v) is 11.6. The summed E-state index contributed by atoms with van der Waals surface area (Å²) in [5.41, 5.74) is 5.44. The molecule has 1 atom stereocenters. The van der Waals surface area contributed by atoms with Crippen molar-refractivity contribution in [1.82, 2.24) is 14.9 Å². The second-order valence-electron chi connectivity index (χ2n) is 5.30. The van der Waals surface area contributed by atoms with Crippen LogP contribution in [0.1, 0.15) is 26.5 Å². The second kappa shape index (κ2) is 5.73. The molecular formula is C12H20N4O3. The Morgan fingerprint density at radius 2 is 2.16 bits per heavy atom. The smallest absolute Gasteiger partial charge is 0.408 e. The molecule has 7 heteroatoms. The highest BCUT2D eigenvalue weighted by atomic mass is 16.6. The quantitative estimate of drug-likeness (QED) is 0.822. The fraction of sp³-hybridized carbons (Fsp3) is 0.583. The standard InChI is InChI=1S/C12H20N4O3/c1-12(2,3)19-11(18)15-9(10(13)17)5-8-6-14-7-16(8)4/h6-7,9H,5H2,1-4H3,(H2,13,17)(H,15,18)/t9-/m0/s1. The van der Waals surface area contributed by atoms with E-state index >= 15 is 0 Å². The van der Waals surface area contributed by atoms with E-state index in [2.05, 4.69) is 10.3 Å². The molecule has 1 aromatic rings. The molecule has 7 nitrogen and oxygen atoms in total. The maximum Gasteiger partial charge on any atom is 0.408 e. The van der Waals surface area contributed by atoms with E-state index in [1.54, 1.807) is 44.9 Å². The van der Waals surface area contributed by atoms with Crippen molar-refractivity contribution in [1.29, 1.82) is 0 Å². The molecule has 0 aromatic carbocycles. The van der Waals surface area contributed by atoms with Crippen molar-refractivity contribution in [3.8, 4) is 0 Å². The Balaban J connectivity index is 2.67. The normalized spacial score (nSPS) is 12.8. The van der Waals surface area contributed by atoms with Crippen LogP contribution in [0.15, 0.2) is 12.5 Å². The predicted octanol–water partition coefficient (Wildman–Crippen LogP) is 0.341. The van der Waals surface area contributed by atoms with E-state index in [4.69, 9.17) is 10.5 Å². The Labute approximate surface area is 112 Å². The number of nitrogens with one attached hydrogen (secondary N) is 1. The Morgan fingerprint density at radius 1 is 1.53 bits per heavy atom. The van der Waals surface area contributed by atoms with Gasteiger partial charge in [0.2, 0.25) is 5.91 Å². The van der Waals surface area contributed by atoms with Crippen LogP contribution in [-0.4, -0.2) is 33.2 Å². The molecule has 1 aromatic heterocycles. The first kappa shape index (κ1) is 15.0. The molecule has 0 aliphatic heterocycles. The van der Waals surface area contributed by atoms with Crippen LogP contribution in [-0.2, 0) is 23.0 Å². The molecule has 0 aliphatic rings. The SMILES string of the molecule is Cn1cncc1C[C@H](NC(=O)OC(C)(C)C)C(N)=O. The number of imidazole rings is 1. The summed E-state index contributed by atoms with van der Waals surface area (Å²) < 4.78 is 6.84. The summed E-state index contributed by atoms with van der Waals surface area (Å²) in [6.07, 6.45) is 2.83. The number of nitrogens with two attached hydrogens (primary N) is 1. The molecule has 1 rings (SSSR count). The average molecular weight is 268 g/mol. The maximum atomic E-state index is 11.6. The predicted molar refractivity (Wildman–Crippen MR) is 69.3 cm³/mol. The number of nitrogens with zero attached hydrogens (tertiary/aromatic N) is 2. The molecule has 1 heterocycles. The van der Waals surface area contributed by atoms with E-state index in [1.807, 2.05) is 0 Å². The topological polar surface area (TPSA) is 99.2 Å².